The largest absolute Gasteiger partial charge is 0.497 e. The first-order valence-electron chi connectivity index (χ1n) is 10.4. The molecule has 0 amide bonds. The topological polar surface area (TPSA) is 79.9 Å². The smallest absolute Gasteiger partial charge is 0.255 e. The van der Waals surface area contributed by atoms with Crippen molar-refractivity contribution in [3.8, 4) is 11.5 Å². The molecule has 1 aromatic carbocycles. The van der Waals surface area contributed by atoms with E-state index in [1.165, 1.54) is 0 Å². The minimum absolute atomic E-state index is 0.0246. The molecule has 8 heteroatoms. The van der Waals surface area contributed by atoms with Gasteiger partial charge in [-0.1, -0.05) is 6.07 Å². The number of rotatable bonds is 5. The van der Waals surface area contributed by atoms with Gasteiger partial charge in [0.1, 0.15) is 11.5 Å². The molecule has 4 rings (SSSR count). The van der Waals surface area contributed by atoms with Gasteiger partial charge < -0.3 is 19.1 Å². The van der Waals surface area contributed by atoms with E-state index in [2.05, 4.69) is 14.8 Å². The van der Waals surface area contributed by atoms with Crippen molar-refractivity contribution < 1.29 is 14.2 Å². The van der Waals surface area contributed by atoms with Crippen LogP contribution < -0.4 is 19.9 Å². The van der Waals surface area contributed by atoms with Crippen LogP contribution in [0.3, 0.4) is 0 Å². The average Bonchev–Trinajstić information content (AvgIpc) is 2.73. The number of anilines is 1. The molecule has 3 heterocycles. The first kappa shape index (κ1) is 20.7. The van der Waals surface area contributed by atoms with Gasteiger partial charge in [-0.2, -0.15) is 0 Å². The molecular weight excluding hydrogens is 384 g/mol. The summed E-state index contributed by atoms with van der Waals surface area (Å²) in [5.74, 6) is 2.21. The van der Waals surface area contributed by atoms with Crippen LogP contribution in [0.2, 0.25) is 0 Å². The van der Waals surface area contributed by atoms with Gasteiger partial charge in [0.05, 0.1) is 32.1 Å². The zero-order valence-electron chi connectivity index (χ0n) is 18.1. The highest BCUT2D eigenvalue weighted by Crippen LogP contribution is 2.27. The zero-order chi connectivity index (χ0) is 21.3. The third kappa shape index (κ3) is 4.29. The Labute approximate surface area is 176 Å². The van der Waals surface area contributed by atoms with Crippen LogP contribution in [-0.4, -0.2) is 60.9 Å². The molecule has 162 valence electrons. The molecular formula is C22H30N4O4. The molecule has 0 saturated carbocycles. The fraction of sp³-hybridized carbons (Fsp3) is 0.545. The van der Waals surface area contributed by atoms with Gasteiger partial charge in [-0.15, -0.1) is 0 Å². The van der Waals surface area contributed by atoms with Crippen LogP contribution in [0.25, 0.3) is 0 Å². The number of fused-ring (bicyclic) bond motifs is 1. The maximum atomic E-state index is 12.7. The van der Waals surface area contributed by atoms with Crippen LogP contribution in [0, 0.1) is 0 Å². The molecule has 1 saturated heterocycles. The maximum Gasteiger partial charge on any atom is 0.255 e. The highest BCUT2D eigenvalue weighted by atomic mass is 16.5. The number of H-pyrrole nitrogens is 1. The van der Waals surface area contributed by atoms with E-state index in [-0.39, 0.29) is 17.8 Å². The predicted molar refractivity (Wildman–Crippen MR) is 114 cm³/mol. The summed E-state index contributed by atoms with van der Waals surface area (Å²) in [6, 6.07) is 5.87. The van der Waals surface area contributed by atoms with Crippen LogP contribution in [0.4, 0.5) is 5.95 Å². The molecule has 30 heavy (non-hydrogen) atoms. The van der Waals surface area contributed by atoms with Crippen LogP contribution >= 0.6 is 0 Å². The second-order valence-electron chi connectivity index (χ2n) is 8.12. The normalized spacial score (nSPS) is 21.9. The molecule has 1 aromatic heterocycles. The molecule has 0 unspecified atom stereocenters. The second-order valence-corrected chi connectivity index (χ2v) is 8.12. The Morgan fingerprint density at radius 1 is 1.20 bits per heavy atom. The third-order valence-electron chi connectivity index (χ3n) is 5.75. The van der Waals surface area contributed by atoms with Crippen molar-refractivity contribution in [2.24, 2.45) is 0 Å². The van der Waals surface area contributed by atoms with Crippen LogP contribution in [0.1, 0.15) is 30.7 Å². The number of aromatic amines is 1. The molecule has 2 aliphatic rings. The van der Waals surface area contributed by atoms with Gasteiger partial charge >= 0.3 is 0 Å². The SMILES string of the molecule is COc1ccc(CN2CCc3c(nc(N4C[C@@H](C)O[C@@H](C)C4)[nH]c3=O)C2)c(OC)c1. The summed E-state index contributed by atoms with van der Waals surface area (Å²) >= 11 is 0. The lowest BCUT2D eigenvalue weighted by Gasteiger charge is -2.36. The standard InChI is InChI=1S/C22H30N4O4/c1-14-10-26(11-15(2)30-14)22-23-19-13-25(8-7-18(19)21(27)24-22)12-16-5-6-17(28-3)9-20(16)29-4/h5-6,9,14-15H,7-8,10-13H2,1-4H3,(H,23,24,27)/t14-,15+. The number of aromatic nitrogens is 2. The van der Waals surface area contributed by atoms with Gasteiger partial charge in [0.2, 0.25) is 5.95 Å². The van der Waals surface area contributed by atoms with Crippen molar-refractivity contribution in [2.45, 2.75) is 45.6 Å². The van der Waals surface area contributed by atoms with Crippen molar-refractivity contribution >= 4 is 5.95 Å². The van der Waals surface area contributed by atoms with Crippen LogP contribution in [-0.2, 0) is 24.2 Å². The number of ether oxygens (including phenoxy) is 3. The van der Waals surface area contributed by atoms with Crippen molar-refractivity contribution in [1.82, 2.24) is 14.9 Å². The average molecular weight is 415 g/mol. The Kier molecular flexibility index (Phi) is 5.97. The Balaban J connectivity index is 1.55. The summed E-state index contributed by atoms with van der Waals surface area (Å²) in [6.07, 6.45) is 0.898. The van der Waals surface area contributed by atoms with Gasteiger partial charge in [-0.3, -0.25) is 14.7 Å². The summed E-state index contributed by atoms with van der Waals surface area (Å²) < 4.78 is 16.6. The number of morpholine rings is 1. The van der Waals surface area contributed by atoms with Gasteiger partial charge in [0.25, 0.3) is 5.56 Å². The molecule has 0 radical (unpaired) electrons. The summed E-state index contributed by atoms with van der Waals surface area (Å²) in [4.78, 5) is 25.0. The minimum atomic E-state index is -0.0246. The van der Waals surface area contributed by atoms with E-state index in [1.807, 2.05) is 32.0 Å². The van der Waals surface area contributed by atoms with Crippen molar-refractivity contribution in [3.63, 3.8) is 0 Å². The van der Waals surface area contributed by atoms with E-state index < -0.39 is 0 Å². The summed E-state index contributed by atoms with van der Waals surface area (Å²) in [5, 5.41) is 0. The monoisotopic (exact) mass is 414 g/mol. The van der Waals surface area contributed by atoms with Gasteiger partial charge in [-0.25, -0.2) is 4.98 Å². The lowest BCUT2D eigenvalue weighted by atomic mass is 10.1. The molecule has 0 bridgehead atoms. The van der Waals surface area contributed by atoms with Crippen molar-refractivity contribution in [3.05, 3.63) is 45.4 Å². The van der Waals surface area contributed by atoms with Gasteiger partial charge in [0.15, 0.2) is 0 Å². The zero-order valence-corrected chi connectivity index (χ0v) is 18.1. The lowest BCUT2D eigenvalue weighted by molar-refractivity contribution is -0.00576. The summed E-state index contributed by atoms with van der Waals surface area (Å²) in [7, 11) is 3.31. The Hall–Kier alpha value is -2.58. The number of benzene rings is 1. The van der Waals surface area contributed by atoms with Crippen molar-refractivity contribution in [2.75, 3.05) is 38.8 Å². The first-order chi connectivity index (χ1) is 14.5. The molecule has 2 aromatic rings. The Bertz CT molecular complexity index is 951. The fourth-order valence-electron chi connectivity index (χ4n) is 4.34. The second kappa shape index (κ2) is 8.65. The predicted octanol–water partition coefficient (Wildman–Crippen LogP) is 1.96. The molecule has 1 N–H and O–H groups in total. The number of nitrogens with one attached hydrogen (secondary N) is 1. The quantitative estimate of drug-likeness (QED) is 0.801. The first-order valence-corrected chi connectivity index (χ1v) is 10.4. The van der Waals surface area contributed by atoms with E-state index in [4.69, 9.17) is 19.2 Å². The van der Waals surface area contributed by atoms with Crippen LogP contribution in [0.15, 0.2) is 23.0 Å². The number of methoxy groups -OCH3 is 2. The van der Waals surface area contributed by atoms with Crippen molar-refractivity contribution in [1.29, 1.82) is 0 Å². The number of hydrogen-bond acceptors (Lipinski definition) is 7. The maximum absolute atomic E-state index is 12.7. The van der Waals surface area contributed by atoms with Crippen LogP contribution in [0.5, 0.6) is 11.5 Å². The Morgan fingerprint density at radius 3 is 2.67 bits per heavy atom. The number of hydrogen-bond donors (Lipinski definition) is 1. The van der Waals surface area contributed by atoms with Gasteiger partial charge in [0, 0.05) is 49.9 Å². The lowest BCUT2D eigenvalue weighted by Crippen LogP contribution is -2.47. The van der Waals surface area contributed by atoms with Gasteiger partial charge in [-0.05, 0) is 26.3 Å². The van der Waals surface area contributed by atoms with E-state index in [9.17, 15) is 4.79 Å². The van der Waals surface area contributed by atoms with E-state index in [1.54, 1.807) is 14.2 Å². The molecule has 2 aliphatic heterocycles. The molecule has 1 fully saturated rings. The van der Waals surface area contributed by atoms with E-state index in [0.29, 0.717) is 18.9 Å². The minimum Gasteiger partial charge on any atom is -0.497 e. The highest BCUT2D eigenvalue weighted by molar-refractivity contribution is 5.41. The molecule has 8 nitrogen and oxygen atoms in total. The Morgan fingerprint density at radius 2 is 1.97 bits per heavy atom. The molecule has 0 spiro atoms. The highest BCUT2D eigenvalue weighted by Gasteiger charge is 2.27. The third-order valence-corrected chi connectivity index (χ3v) is 5.75. The summed E-state index contributed by atoms with van der Waals surface area (Å²) in [6.45, 7) is 7.70. The number of nitrogens with zero attached hydrogens (tertiary/aromatic N) is 3. The van der Waals surface area contributed by atoms with E-state index in [0.717, 1.165) is 54.5 Å². The molecule has 2 atom stereocenters. The van der Waals surface area contributed by atoms with E-state index >= 15 is 0 Å². The fourth-order valence-corrected chi connectivity index (χ4v) is 4.34. The molecule has 0 aliphatic carbocycles. The summed E-state index contributed by atoms with van der Waals surface area (Å²) in [5.41, 5.74) is 2.72.